The second kappa shape index (κ2) is 5.90. The number of para-hydroxylation sites is 2. The van der Waals surface area contributed by atoms with Gasteiger partial charge in [-0.2, -0.15) is 5.10 Å². The molecule has 0 saturated heterocycles. The van der Waals surface area contributed by atoms with E-state index in [1.165, 1.54) is 0 Å². The average molecular weight is 344 g/mol. The number of aromatic nitrogens is 4. The maximum Gasteiger partial charge on any atom is 0.163 e. The summed E-state index contributed by atoms with van der Waals surface area (Å²) in [5.74, 6) is 0.831. The van der Waals surface area contributed by atoms with Gasteiger partial charge in [0.05, 0.1) is 21.7 Å². The molecule has 1 aliphatic rings. The van der Waals surface area contributed by atoms with Crippen LogP contribution < -0.4 is 0 Å². The molecule has 0 atom stereocenters. The zero-order valence-corrected chi connectivity index (χ0v) is 15.1. The summed E-state index contributed by atoms with van der Waals surface area (Å²) in [4.78, 5) is 7.20. The SMILES string of the molecule is CC(C)N1CCCn2nc(-c3nc4ccccc4n3C)c(Cl)c2C1. The Bertz CT molecular complexity index is 892. The molecular formula is C18H22ClN5. The van der Waals surface area contributed by atoms with Crippen molar-refractivity contribution in [3.05, 3.63) is 35.0 Å². The molecule has 3 heterocycles. The Kier molecular flexibility index (Phi) is 3.85. The van der Waals surface area contributed by atoms with Crippen molar-refractivity contribution in [1.29, 1.82) is 0 Å². The normalized spacial score (nSPS) is 15.9. The Balaban J connectivity index is 1.83. The number of hydrogen-bond donors (Lipinski definition) is 0. The van der Waals surface area contributed by atoms with Crippen LogP contribution >= 0.6 is 11.6 Å². The molecule has 2 aromatic heterocycles. The average Bonchev–Trinajstić information content (AvgIpc) is 2.95. The van der Waals surface area contributed by atoms with Crippen molar-refractivity contribution in [3.63, 3.8) is 0 Å². The zero-order valence-electron chi connectivity index (χ0n) is 14.3. The van der Waals surface area contributed by atoms with Gasteiger partial charge in [0, 0.05) is 32.7 Å². The van der Waals surface area contributed by atoms with Gasteiger partial charge in [-0.25, -0.2) is 4.98 Å². The van der Waals surface area contributed by atoms with E-state index >= 15 is 0 Å². The van der Waals surface area contributed by atoms with Crippen LogP contribution in [0.5, 0.6) is 0 Å². The van der Waals surface area contributed by atoms with E-state index in [9.17, 15) is 0 Å². The van der Waals surface area contributed by atoms with E-state index in [1.54, 1.807) is 0 Å². The van der Waals surface area contributed by atoms with E-state index in [0.717, 1.165) is 59.3 Å². The molecule has 1 aliphatic heterocycles. The molecule has 0 spiro atoms. The number of halogens is 1. The van der Waals surface area contributed by atoms with E-state index in [0.29, 0.717) is 6.04 Å². The van der Waals surface area contributed by atoms with Crippen LogP contribution in [0, 0.1) is 0 Å². The number of fused-ring (bicyclic) bond motifs is 2. The third kappa shape index (κ3) is 2.43. The third-order valence-corrected chi connectivity index (χ3v) is 5.29. The second-order valence-corrected chi connectivity index (χ2v) is 7.11. The van der Waals surface area contributed by atoms with E-state index in [1.807, 2.05) is 25.2 Å². The molecule has 0 bridgehead atoms. The van der Waals surface area contributed by atoms with Crippen LogP contribution in [0.1, 0.15) is 26.0 Å². The fraction of sp³-hybridized carbons (Fsp3) is 0.444. The van der Waals surface area contributed by atoms with E-state index in [4.69, 9.17) is 21.7 Å². The zero-order chi connectivity index (χ0) is 16.8. The highest BCUT2D eigenvalue weighted by atomic mass is 35.5. The fourth-order valence-electron chi connectivity index (χ4n) is 3.45. The van der Waals surface area contributed by atoms with Crippen LogP contribution in [0.4, 0.5) is 0 Å². The van der Waals surface area contributed by atoms with Gasteiger partial charge in [-0.1, -0.05) is 23.7 Å². The van der Waals surface area contributed by atoms with Gasteiger partial charge in [0.15, 0.2) is 5.82 Å². The maximum absolute atomic E-state index is 6.76. The molecule has 5 nitrogen and oxygen atoms in total. The highest BCUT2D eigenvalue weighted by Crippen LogP contribution is 2.33. The monoisotopic (exact) mass is 343 g/mol. The van der Waals surface area contributed by atoms with Crippen molar-refractivity contribution in [2.24, 2.45) is 7.05 Å². The highest BCUT2D eigenvalue weighted by Gasteiger charge is 2.25. The molecule has 0 radical (unpaired) electrons. The van der Waals surface area contributed by atoms with Crippen LogP contribution in [0.2, 0.25) is 5.02 Å². The summed E-state index contributed by atoms with van der Waals surface area (Å²) in [6, 6.07) is 8.62. The first-order chi connectivity index (χ1) is 11.6. The van der Waals surface area contributed by atoms with Crippen molar-refractivity contribution in [2.45, 2.75) is 39.4 Å². The number of benzene rings is 1. The lowest BCUT2D eigenvalue weighted by molar-refractivity contribution is 0.216. The van der Waals surface area contributed by atoms with Crippen LogP contribution in [0.3, 0.4) is 0 Å². The van der Waals surface area contributed by atoms with Crippen molar-refractivity contribution < 1.29 is 0 Å². The van der Waals surface area contributed by atoms with Crippen molar-refractivity contribution in [1.82, 2.24) is 24.2 Å². The minimum absolute atomic E-state index is 0.502. The lowest BCUT2D eigenvalue weighted by Crippen LogP contribution is -2.30. The Morgan fingerprint density at radius 3 is 2.71 bits per heavy atom. The Morgan fingerprint density at radius 2 is 1.96 bits per heavy atom. The number of aryl methyl sites for hydroxylation is 2. The third-order valence-electron chi connectivity index (χ3n) is 4.89. The van der Waals surface area contributed by atoms with Crippen molar-refractivity contribution in [3.8, 4) is 11.5 Å². The first-order valence-corrected chi connectivity index (χ1v) is 8.85. The predicted molar refractivity (Wildman–Crippen MR) is 97.1 cm³/mol. The highest BCUT2D eigenvalue weighted by molar-refractivity contribution is 6.33. The molecule has 24 heavy (non-hydrogen) atoms. The molecule has 0 fully saturated rings. The summed E-state index contributed by atoms with van der Waals surface area (Å²) in [6.45, 7) is 7.28. The molecular weight excluding hydrogens is 322 g/mol. The first kappa shape index (κ1) is 15.7. The van der Waals surface area contributed by atoms with E-state index in [-0.39, 0.29) is 0 Å². The molecule has 6 heteroatoms. The summed E-state index contributed by atoms with van der Waals surface area (Å²) in [5.41, 5.74) is 3.95. The van der Waals surface area contributed by atoms with Gasteiger partial charge in [0.1, 0.15) is 5.69 Å². The first-order valence-electron chi connectivity index (χ1n) is 8.47. The maximum atomic E-state index is 6.76. The molecule has 0 unspecified atom stereocenters. The van der Waals surface area contributed by atoms with Gasteiger partial charge in [-0.3, -0.25) is 9.58 Å². The van der Waals surface area contributed by atoms with Crippen LogP contribution in [0.15, 0.2) is 24.3 Å². The van der Waals surface area contributed by atoms with Gasteiger partial charge < -0.3 is 4.57 Å². The Hall–Kier alpha value is -1.85. The summed E-state index contributed by atoms with van der Waals surface area (Å²) >= 11 is 6.76. The number of imidazole rings is 1. The molecule has 0 saturated carbocycles. The summed E-state index contributed by atoms with van der Waals surface area (Å²) in [5, 5.41) is 5.54. The van der Waals surface area contributed by atoms with Crippen molar-refractivity contribution in [2.75, 3.05) is 6.54 Å². The Labute approximate surface area is 146 Å². The topological polar surface area (TPSA) is 38.9 Å². The van der Waals surface area contributed by atoms with E-state index < -0.39 is 0 Å². The predicted octanol–water partition coefficient (Wildman–Crippen LogP) is 3.70. The van der Waals surface area contributed by atoms with Crippen LogP contribution in [-0.4, -0.2) is 36.8 Å². The lowest BCUT2D eigenvalue weighted by atomic mass is 10.2. The quantitative estimate of drug-likeness (QED) is 0.712. The second-order valence-electron chi connectivity index (χ2n) is 6.73. The van der Waals surface area contributed by atoms with Gasteiger partial charge in [0.2, 0.25) is 0 Å². The summed E-state index contributed by atoms with van der Waals surface area (Å²) in [7, 11) is 2.02. The minimum atomic E-state index is 0.502. The number of nitrogens with zero attached hydrogens (tertiary/aromatic N) is 5. The fourth-order valence-corrected chi connectivity index (χ4v) is 3.73. The molecule has 4 rings (SSSR count). The van der Waals surface area contributed by atoms with E-state index in [2.05, 4.69) is 34.1 Å². The van der Waals surface area contributed by atoms with Crippen LogP contribution in [-0.2, 0) is 20.1 Å². The molecule has 0 aliphatic carbocycles. The molecule has 0 N–H and O–H groups in total. The lowest BCUT2D eigenvalue weighted by Gasteiger charge is -2.23. The number of hydrogen-bond acceptors (Lipinski definition) is 3. The smallest absolute Gasteiger partial charge is 0.163 e. The molecule has 1 aromatic carbocycles. The van der Waals surface area contributed by atoms with Gasteiger partial charge in [0.25, 0.3) is 0 Å². The Morgan fingerprint density at radius 1 is 1.17 bits per heavy atom. The largest absolute Gasteiger partial charge is 0.326 e. The van der Waals surface area contributed by atoms with Gasteiger partial charge >= 0.3 is 0 Å². The number of rotatable bonds is 2. The van der Waals surface area contributed by atoms with Crippen molar-refractivity contribution >= 4 is 22.6 Å². The molecule has 3 aromatic rings. The molecule has 0 amide bonds. The van der Waals surface area contributed by atoms with Gasteiger partial charge in [-0.15, -0.1) is 0 Å². The van der Waals surface area contributed by atoms with Gasteiger partial charge in [-0.05, 0) is 32.4 Å². The summed E-state index contributed by atoms with van der Waals surface area (Å²) in [6.07, 6.45) is 1.09. The van der Waals surface area contributed by atoms with Crippen LogP contribution in [0.25, 0.3) is 22.6 Å². The summed E-state index contributed by atoms with van der Waals surface area (Å²) < 4.78 is 4.14. The molecule has 126 valence electrons. The standard InChI is InChI=1S/C18H22ClN5/c1-12(2)23-9-6-10-24-15(11-23)16(19)17(21-24)18-20-13-7-4-5-8-14(13)22(18)3/h4-5,7-8,12H,6,9-11H2,1-3H3. The minimum Gasteiger partial charge on any atom is -0.326 e.